The highest BCUT2D eigenvalue weighted by Crippen LogP contribution is 2.36. The minimum absolute atomic E-state index is 0.117. The van der Waals surface area contributed by atoms with E-state index < -0.39 is 7.12 Å². The Morgan fingerprint density at radius 3 is 2.38 bits per heavy atom. The van der Waals surface area contributed by atoms with Crippen LogP contribution in [-0.2, 0) is 22.2 Å². The van der Waals surface area contributed by atoms with Crippen LogP contribution in [0.1, 0.15) is 51.9 Å². The molecule has 1 fully saturated rings. The van der Waals surface area contributed by atoms with Gasteiger partial charge in [0.05, 0.1) is 16.6 Å². The van der Waals surface area contributed by atoms with E-state index in [0.717, 1.165) is 42.5 Å². The van der Waals surface area contributed by atoms with Crippen LogP contribution < -0.4 is 10.9 Å². The van der Waals surface area contributed by atoms with Gasteiger partial charge in [-0.05, 0) is 64.6 Å². The lowest BCUT2D eigenvalue weighted by Crippen LogP contribution is -2.41. The summed E-state index contributed by atoms with van der Waals surface area (Å²) in [5.74, 6) is 0.852. The lowest BCUT2D eigenvalue weighted by molar-refractivity contribution is 0.00578. The van der Waals surface area contributed by atoms with Crippen LogP contribution in [0.2, 0.25) is 0 Å². The first-order chi connectivity index (χ1) is 11.3. The van der Waals surface area contributed by atoms with E-state index in [2.05, 4.69) is 0 Å². The van der Waals surface area contributed by atoms with E-state index in [9.17, 15) is 4.79 Å². The Balaban J connectivity index is 1.78. The predicted molar refractivity (Wildman–Crippen MR) is 94.8 cm³/mol. The fourth-order valence-electron chi connectivity index (χ4n) is 3.46. The van der Waals surface area contributed by atoms with Crippen molar-refractivity contribution in [2.24, 2.45) is 0 Å². The van der Waals surface area contributed by atoms with Gasteiger partial charge in [-0.3, -0.25) is 4.79 Å². The van der Waals surface area contributed by atoms with Crippen molar-refractivity contribution in [2.75, 3.05) is 0 Å². The van der Waals surface area contributed by atoms with Crippen molar-refractivity contribution in [3.8, 4) is 0 Å². The van der Waals surface area contributed by atoms with Crippen molar-refractivity contribution in [3.63, 3.8) is 0 Å². The third-order valence-electron chi connectivity index (χ3n) is 5.70. The highest BCUT2D eigenvalue weighted by molar-refractivity contribution is 6.62. The van der Waals surface area contributed by atoms with E-state index >= 15 is 0 Å². The topological polar surface area (TPSA) is 48.7 Å². The molecule has 0 radical (unpaired) electrons. The molecular weight excluding hydrogens is 303 g/mol. The Hall–Kier alpha value is -1.59. The third kappa shape index (κ3) is 2.33. The van der Waals surface area contributed by atoms with Gasteiger partial charge >= 0.3 is 7.12 Å². The molecule has 5 heteroatoms. The first-order valence-corrected chi connectivity index (χ1v) is 8.73. The highest BCUT2D eigenvalue weighted by Gasteiger charge is 2.51. The summed E-state index contributed by atoms with van der Waals surface area (Å²) in [7, 11) is -0.444. The molecule has 1 saturated heterocycles. The van der Waals surface area contributed by atoms with Crippen molar-refractivity contribution < 1.29 is 13.7 Å². The SMILES string of the molecule is CC1(C)OB(c2ccc3c(=O)c4c(oc3c2)CCCC4)OC1(C)C. The molecule has 0 amide bonds. The fraction of sp³-hybridized carbons (Fsp3) is 0.526. The van der Waals surface area contributed by atoms with Crippen LogP contribution in [0.4, 0.5) is 0 Å². The highest BCUT2D eigenvalue weighted by atomic mass is 16.7. The van der Waals surface area contributed by atoms with Crippen molar-refractivity contribution in [1.29, 1.82) is 0 Å². The summed E-state index contributed by atoms with van der Waals surface area (Å²) >= 11 is 0. The van der Waals surface area contributed by atoms with Gasteiger partial charge in [-0.2, -0.15) is 0 Å². The summed E-state index contributed by atoms with van der Waals surface area (Å²) in [6.45, 7) is 8.13. The minimum atomic E-state index is -0.444. The second kappa shape index (κ2) is 5.20. The molecule has 0 atom stereocenters. The molecule has 24 heavy (non-hydrogen) atoms. The standard InChI is InChI=1S/C19H23BO4/c1-18(2)19(3,4)24-20(23-18)12-9-10-14-16(11-12)22-15-8-6-5-7-13(15)17(14)21/h9-11H,5-8H2,1-4H3. The summed E-state index contributed by atoms with van der Waals surface area (Å²) in [5, 5.41) is 0.649. The molecule has 2 aliphatic rings. The number of rotatable bonds is 1. The Labute approximate surface area is 142 Å². The average molecular weight is 326 g/mol. The van der Waals surface area contributed by atoms with E-state index in [1.807, 2.05) is 45.9 Å². The van der Waals surface area contributed by atoms with Gasteiger partial charge in [0, 0.05) is 12.0 Å². The Morgan fingerprint density at radius 2 is 1.67 bits per heavy atom. The Kier molecular flexibility index (Phi) is 3.45. The van der Waals surface area contributed by atoms with E-state index in [4.69, 9.17) is 13.7 Å². The number of fused-ring (bicyclic) bond motifs is 2. The average Bonchev–Trinajstić information content (AvgIpc) is 2.75. The van der Waals surface area contributed by atoms with Gasteiger partial charge in [-0.25, -0.2) is 0 Å². The van der Waals surface area contributed by atoms with Crippen LogP contribution in [0.25, 0.3) is 11.0 Å². The quantitative estimate of drug-likeness (QED) is 0.756. The molecule has 1 aliphatic carbocycles. The van der Waals surface area contributed by atoms with Crippen molar-refractivity contribution >= 4 is 23.6 Å². The first-order valence-electron chi connectivity index (χ1n) is 8.73. The van der Waals surface area contributed by atoms with E-state index in [1.54, 1.807) is 0 Å². The monoisotopic (exact) mass is 326 g/mol. The van der Waals surface area contributed by atoms with Crippen molar-refractivity contribution in [2.45, 2.75) is 64.6 Å². The van der Waals surface area contributed by atoms with E-state index in [1.165, 1.54) is 0 Å². The number of aryl methyl sites for hydroxylation is 1. The summed E-state index contributed by atoms with van der Waals surface area (Å²) < 4.78 is 18.3. The molecule has 0 saturated carbocycles. The third-order valence-corrected chi connectivity index (χ3v) is 5.70. The Morgan fingerprint density at radius 1 is 1.00 bits per heavy atom. The fourth-order valence-corrected chi connectivity index (χ4v) is 3.46. The molecule has 0 spiro atoms. The minimum Gasteiger partial charge on any atom is -0.461 e. The second-order valence-electron chi connectivity index (χ2n) is 7.88. The Bertz CT molecular complexity index is 850. The molecule has 1 aromatic heterocycles. The van der Waals surface area contributed by atoms with Crippen LogP contribution in [0, 0.1) is 0 Å². The van der Waals surface area contributed by atoms with Gasteiger partial charge in [-0.15, -0.1) is 0 Å². The normalized spacial score (nSPS) is 21.9. The molecule has 0 unspecified atom stereocenters. The van der Waals surface area contributed by atoms with Gasteiger partial charge in [-0.1, -0.05) is 6.07 Å². The maximum atomic E-state index is 12.7. The maximum Gasteiger partial charge on any atom is 0.494 e. The first kappa shape index (κ1) is 15.9. The van der Waals surface area contributed by atoms with Gasteiger partial charge in [0.25, 0.3) is 0 Å². The zero-order chi connectivity index (χ0) is 17.1. The van der Waals surface area contributed by atoms with Crippen LogP contribution in [0.3, 0.4) is 0 Å². The molecular formula is C19H23BO4. The van der Waals surface area contributed by atoms with Crippen LogP contribution >= 0.6 is 0 Å². The zero-order valence-electron chi connectivity index (χ0n) is 14.8. The molecule has 126 valence electrons. The molecule has 2 aromatic rings. The van der Waals surface area contributed by atoms with Crippen LogP contribution in [0.5, 0.6) is 0 Å². The number of hydrogen-bond donors (Lipinski definition) is 0. The molecule has 0 N–H and O–H groups in total. The van der Waals surface area contributed by atoms with Gasteiger partial charge < -0.3 is 13.7 Å². The lowest BCUT2D eigenvalue weighted by atomic mass is 9.78. The predicted octanol–water partition coefficient (Wildman–Crippen LogP) is 2.97. The van der Waals surface area contributed by atoms with Crippen molar-refractivity contribution in [3.05, 3.63) is 39.7 Å². The smallest absolute Gasteiger partial charge is 0.461 e. The van der Waals surface area contributed by atoms with Crippen molar-refractivity contribution in [1.82, 2.24) is 0 Å². The molecule has 0 bridgehead atoms. The molecule has 2 heterocycles. The second-order valence-corrected chi connectivity index (χ2v) is 7.88. The maximum absolute atomic E-state index is 12.7. The molecule has 1 aliphatic heterocycles. The summed E-state index contributed by atoms with van der Waals surface area (Å²) in [5.41, 5.74) is 1.73. The lowest BCUT2D eigenvalue weighted by Gasteiger charge is -2.32. The largest absolute Gasteiger partial charge is 0.494 e. The van der Waals surface area contributed by atoms with Gasteiger partial charge in [0.2, 0.25) is 0 Å². The van der Waals surface area contributed by atoms with E-state index in [-0.39, 0.29) is 16.6 Å². The summed E-state index contributed by atoms with van der Waals surface area (Å²) in [4.78, 5) is 12.7. The molecule has 4 nitrogen and oxygen atoms in total. The summed E-state index contributed by atoms with van der Waals surface area (Å²) in [6.07, 6.45) is 3.82. The van der Waals surface area contributed by atoms with E-state index in [0.29, 0.717) is 11.0 Å². The van der Waals surface area contributed by atoms with Gasteiger partial charge in [0.1, 0.15) is 11.3 Å². The summed E-state index contributed by atoms with van der Waals surface area (Å²) in [6, 6.07) is 5.65. The number of hydrogen-bond acceptors (Lipinski definition) is 4. The van der Waals surface area contributed by atoms with Gasteiger partial charge in [0.15, 0.2) is 5.43 Å². The number of benzene rings is 1. The molecule has 4 rings (SSSR count). The van der Waals surface area contributed by atoms with Crippen LogP contribution in [0.15, 0.2) is 27.4 Å². The molecule has 1 aromatic carbocycles. The zero-order valence-corrected chi connectivity index (χ0v) is 14.8. The van der Waals surface area contributed by atoms with Crippen LogP contribution in [-0.4, -0.2) is 18.3 Å².